The summed E-state index contributed by atoms with van der Waals surface area (Å²) in [5.41, 5.74) is 1.28. The molecule has 2 nitrogen and oxygen atoms in total. The van der Waals surface area contributed by atoms with Crippen molar-refractivity contribution in [1.82, 2.24) is 4.90 Å². The van der Waals surface area contributed by atoms with Crippen molar-refractivity contribution in [2.24, 2.45) is 5.92 Å². The summed E-state index contributed by atoms with van der Waals surface area (Å²) in [7, 11) is 0. The van der Waals surface area contributed by atoms with E-state index in [1.165, 1.54) is 48.4 Å². The van der Waals surface area contributed by atoms with Gasteiger partial charge in [0, 0.05) is 23.0 Å². The van der Waals surface area contributed by atoms with Gasteiger partial charge in [-0.1, -0.05) is 65.5 Å². The first-order valence-electron chi connectivity index (χ1n) is 9.20. The molecule has 2 aromatic rings. The average Bonchev–Trinajstić information content (AvgIpc) is 2.96. The molecule has 1 heterocycles. The van der Waals surface area contributed by atoms with Gasteiger partial charge in [0.25, 0.3) is 0 Å². The number of hydrogen-bond donors (Lipinski definition) is 0. The van der Waals surface area contributed by atoms with Crippen LogP contribution in [0, 0.1) is 5.92 Å². The van der Waals surface area contributed by atoms with Gasteiger partial charge in [0.05, 0.1) is 0 Å². The molecule has 24 heavy (non-hydrogen) atoms. The lowest BCUT2D eigenvalue weighted by molar-refractivity contribution is -0.133. The van der Waals surface area contributed by atoms with E-state index >= 15 is 0 Å². The molecule has 0 radical (unpaired) electrons. The van der Waals surface area contributed by atoms with E-state index in [-0.39, 0.29) is 5.92 Å². The zero-order chi connectivity index (χ0) is 16.5. The van der Waals surface area contributed by atoms with E-state index in [0.717, 1.165) is 23.9 Å². The van der Waals surface area contributed by atoms with Gasteiger partial charge in [-0.05, 0) is 48.1 Å². The minimum absolute atomic E-state index is 0.177. The number of carbonyl (C=O) groups is 1. The molecule has 1 saturated heterocycles. The summed E-state index contributed by atoms with van der Waals surface area (Å²) in [5, 5.41) is 2.49. The first-order chi connectivity index (χ1) is 11.7. The number of likely N-dealkylation sites (tertiary alicyclic amines) is 1. The molecule has 3 heteroatoms. The molecule has 4 rings (SSSR count). The van der Waals surface area contributed by atoms with Gasteiger partial charge in [-0.3, -0.25) is 4.79 Å². The Morgan fingerprint density at radius 2 is 1.88 bits per heavy atom. The van der Waals surface area contributed by atoms with Crippen molar-refractivity contribution in [3.63, 3.8) is 0 Å². The van der Waals surface area contributed by atoms with Crippen LogP contribution in [0.3, 0.4) is 0 Å². The second-order valence-electron chi connectivity index (χ2n) is 7.31. The highest BCUT2D eigenvalue weighted by Crippen LogP contribution is 2.31. The zero-order valence-electron chi connectivity index (χ0n) is 14.0. The van der Waals surface area contributed by atoms with E-state index in [0.29, 0.717) is 11.9 Å². The minimum Gasteiger partial charge on any atom is -0.339 e. The summed E-state index contributed by atoms with van der Waals surface area (Å²) in [4.78, 5) is 15.0. The summed E-state index contributed by atoms with van der Waals surface area (Å²) < 4.78 is 1.13. The molecular formula is C21H24BrNO. The Labute approximate surface area is 152 Å². The first kappa shape index (κ1) is 16.1. The maximum absolute atomic E-state index is 12.8. The number of nitrogens with zero attached hydrogens (tertiary/aromatic N) is 1. The standard InChI is InChI=1S/C21H24BrNO/c22-20-8-4-5-16-13-15(9-10-19(16)20)14-17-11-12-23(21(17)24)18-6-2-1-3-7-18/h4-5,8-10,13,17-18H,1-3,6-7,11-12,14H2. The van der Waals surface area contributed by atoms with Crippen LogP contribution in [0.4, 0.5) is 0 Å². The number of hydrogen-bond acceptors (Lipinski definition) is 1. The smallest absolute Gasteiger partial charge is 0.226 e. The fraction of sp³-hybridized carbons (Fsp3) is 0.476. The summed E-state index contributed by atoms with van der Waals surface area (Å²) in [6.45, 7) is 0.966. The quantitative estimate of drug-likeness (QED) is 0.699. The Balaban J connectivity index is 1.48. The Kier molecular flexibility index (Phi) is 4.62. The number of fused-ring (bicyclic) bond motifs is 1. The second kappa shape index (κ2) is 6.87. The molecule has 2 aliphatic rings. The summed E-state index contributed by atoms with van der Waals surface area (Å²) in [6, 6.07) is 13.4. The molecule has 1 atom stereocenters. The molecule has 2 aromatic carbocycles. The van der Waals surface area contributed by atoms with E-state index in [1.807, 2.05) is 0 Å². The maximum Gasteiger partial charge on any atom is 0.226 e. The lowest BCUT2D eigenvalue weighted by Crippen LogP contribution is -2.39. The average molecular weight is 386 g/mol. The number of benzene rings is 2. The van der Waals surface area contributed by atoms with Gasteiger partial charge in [0.15, 0.2) is 0 Å². The fourth-order valence-corrected chi connectivity index (χ4v) is 4.93. The van der Waals surface area contributed by atoms with Crippen LogP contribution < -0.4 is 0 Å². The Morgan fingerprint density at radius 3 is 2.71 bits per heavy atom. The number of carbonyl (C=O) groups excluding carboxylic acids is 1. The lowest BCUT2D eigenvalue weighted by Gasteiger charge is -2.31. The Bertz CT molecular complexity index is 751. The van der Waals surface area contributed by atoms with Gasteiger partial charge in [-0.25, -0.2) is 0 Å². The van der Waals surface area contributed by atoms with E-state index in [4.69, 9.17) is 0 Å². The molecule has 1 amide bonds. The largest absolute Gasteiger partial charge is 0.339 e. The van der Waals surface area contributed by atoms with Crippen LogP contribution in [-0.2, 0) is 11.2 Å². The highest BCUT2D eigenvalue weighted by atomic mass is 79.9. The van der Waals surface area contributed by atoms with Crippen molar-refractivity contribution in [2.75, 3.05) is 6.54 Å². The highest BCUT2D eigenvalue weighted by molar-refractivity contribution is 9.10. The van der Waals surface area contributed by atoms with E-state index in [9.17, 15) is 4.79 Å². The third kappa shape index (κ3) is 3.11. The fourth-order valence-electron chi connectivity index (χ4n) is 4.41. The predicted molar refractivity (Wildman–Crippen MR) is 102 cm³/mol. The van der Waals surface area contributed by atoms with Gasteiger partial charge in [-0.2, -0.15) is 0 Å². The van der Waals surface area contributed by atoms with Crippen LogP contribution in [0.2, 0.25) is 0 Å². The molecule has 0 aromatic heterocycles. The maximum atomic E-state index is 12.8. The Hall–Kier alpha value is -1.35. The molecule has 1 saturated carbocycles. The van der Waals surface area contributed by atoms with E-state index < -0.39 is 0 Å². The number of halogens is 1. The molecule has 1 unspecified atom stereocenters. The highest BCUT2D eigenvalue weighted by Gasteiger charge is 2.36. The molecule has 0 N–H and O–H groups in total. The van der Waals surface area contributed by atoms with Crippen molar-refractivity contribution in [3.05, 3.63) is 46.4 Å². The number of rotatable bonds is 3. The van der Waals surface area contributed by atoms with Crippen molar-refractivity contribution in [1.29, 1.82) is 0 Å². The third-order valence-electron chi connectivity index (χ3n) is 5.74. The third-order valence-corrected chi connectivity index (χ3v) is 6.43. The van der Waals surface area contributed by atoms with Crippen molar-refractivity contribution >= 4 is 32.6 Å². The van der Waals surface area contributed by atoms with Gasteiger partial charge in [-0.15, -0.1) is 0 Å². The van der Waals surface area contributed by atoms with Crippen molar-refractivity contribution in [3.8, 4) is 0 Å². The normalized spacial score (nSPS) is 22.5. The van der Waals surface area contributed by atoms with Crippen LogP contribution in [0.15, 0.2) is 40.9 Å². The van der Waals surface area contributed by atoms with Gasteiger partial charge >= 0.3 is 0 Å². The van der Waals surface area contributed by atoms with Gasteiger partial charge < -0.3 is 4.90 Å². The van der Waals surface area contributed by atoms with Crippen LogP contribution in [0.1, 0.15) is 44.1 Å². The molecule has 2 fully saturated rings. The van der Waals surface area contributed by atoms with Crippen molar-refractivity contribution in [2.45, 2.75) is 51.0 Å². The van der Waals surface area contributed by atoms with Crippen LogP contribution in [-0.4, -0.2) is 23.4 Å². The van der Waals surface area contributed by atoms with Gasteiger partial charge in [0.1, 0.15) is 0 Å². The molecule has 126 valence electrons. The molecular weight excluding hydrogens is 362 g/mol. The van der Waals surface area contributed by atoms with E-state index in [2.05, 4.69) is 57.2 Å². The molecule has 0 spiro atoms. The van der Waals surface area contributed by atoms with Crippen LogP contribution in [0.25, 0.3) is 10.8 Å². The predicted octanol–water partition coefficient (Wildman–Crippen LogP) is 5.33. The van der Waals surface area contributed by atoms with Gasteiger partial charge in [0.2, 0.25) is 5.91 Å². The summed E-state index contributed by atoms with van der Waals surface area (Å²) in [6.07, 6.45) is 8.24. The molecule has 1 aliphatic heterocycles. The minimum atomic E-state index is 0.177. The molecule has 1 aliphatic carbocycles. The molecule has 0 bridgehead atoms. The first-order valence-corrected chi connectivity index (χ1v) is 9.99. The van der Waals surface area contributed by atoms with Crippen molar-refractivity contribution < 1.29 is 4.79 Å². The van der Waals surface area contributed by atoms with Crippen LogP contribution in [0.5, 0.6) is 0 Å². The summed E-state index contributed by atoms with van der Waals surface area (Å²) >= 11 is 3.61. The summed E-state index contributed by atoms with van der Waals surface area (Å²) in [5.74, 6) is 0.577. The number of amides is 1. The monoisotopic (exact) mass is 385 g/mol. The van der Waals surface area contributed by atoms with E-state index in [1.54, 1.807) is 0 Å². The second-order valence-corrected chi connectivity index (χ2v) is 8.16. The topological polar surface area (TPSA) is 20.3 Å². The zero-order valence-corrected chi connectivity index (χ0v) is 15.6. The lowest BCUT2D eigenvalue weighted by atomic mass is 9.93. The Morgan fingerprint density at radius 1 is 1.04 bits per heavy atom. The SMILES string of the molecule is O=C1C(Cc2ccc3c(Br)cccc3c2)CCN1C1CCCCC1. The van der Waals surface area contributed by atoms with Crippen LogP contribution >= 0.6 is 15.9 Å².